The van der Waals surface area contributed by atoms with Gasteiger partial charge in [-0.05, 0) is 56.2 Å². The third-order valence-corrected chi connectivity index (χ3v) is 3.56. The Morgan fingerprint density at radius 1 is 1.29 bits per heavy atom. The summed E-state index contributed by atoms with van der Waals surface area (Å²) in [6.07, 6.45) is 1.83. The van der Waals surface area contributed by atoms with Crippen LogP contribution in [0.25, 0.3) is 0 Å². The maximum atomic E-state index is 12.3. The molecule has 1 heterocycles. The lowest BCUT2D eigenvalue weighted by Gasteiger charge is -2.11. The molecule has 0 saturated heterocycles. The Morgan fingerprint density at radius 2 is 2.00 bits per heavy atom. The lowest BCUT2D eigenvalue weighted by molar-refractivity contribution is 0.0695. The Bertz CT molecular complexity index is 702. The van der Waals surface area contributed by atoms with Gasteiger partial charge in [-0.2, -0.15) is 0 Å². The monoisotopic (exact) mass is 286 g/mol. The molecule has 110 valence electrons. The molecule has 0 saturated carbocycles. The summed E-state index contributed by atoms with van der Waals surface area (Å²) in [5, 5.41) is 12.0. The van der Waals surface area contributed by atoms with Crippen LogP contribution in [-0.4, -0.2) is 21.6 Å². The summed E-state index contributed by atoms with van der Waals surface area (Å²) in [7, 11) is 0. The molecular formula is C16H18N2O3. The molecule has 0 spiro atoms. The fourth-order valence-corrected chi connectivity index (χ4v) is 2.24. The molecular weight excluding hydrogens is 268 g/mol. The Hall–Kier alpha value is -2.56. The van der Waals surface area contributed by atoms with Crippen molar-refractivity contribution in [2.75, 3.05) is 5.32 Å². The number of rotatable bonds is 4. The molecule has 5 heteroatoms. The largest absolute Gasteiger partial charge is 0.478 e. The van der Waals surface area contributed by atoms with E-state index in [9.17, 15) is 14.7 Å². The number of carbonyl (C=O) groups is 2. The van der Waals surface area contributed by atoms with Crippen molar-refractivity contribution in [3.05, 3.63) is 52.8 Å². The zero-order chi connectivity index (χ0) is 15.6. The topological polar surface area (TPSA) is 71.3 Å². The summed E-state index contributed by atoms with van der Waals surface area (Å²) in [5.41, 5.74) is 2.78. The van der Waals surface area contributed by atoms with Gasteiger partial charge in [0.05, 0.1) is 5.56 Å². The third kappa shape index (κ3) is 2.97. The van der Waals surface area contributed by atoms with Crippen molar-refractivity contribution in [2.24, 2.45) is 0 Å². The van der Waals surface area contributed by atoms with Crippen molar-refractivity contribution in [1.82, 2.24) is 4.57 Å². The van der Waals surface area contributed by atoms with Gasteiger partial charge in [-0.3, -0.25) is 4.79 Å². The third-order valence-electron chi connectivity index (χ3n) is 3.56. The minimum atomic E-state index is -0.997. The first-order chi connectivity index (χ1) is 9.93. The van der Waals surface area contributed by atoms with E-state index in [0.29, 0.717) is 23.5 Å². The van der Waals surface area contributed by atoms with Crippen LogP contribution in [0, 0.1) is 13.8 Å². The van der Waals surface area contributed by atoms with Gasteiger partial charge in [-0.1, -0.05) is 0 Å². The average molecular weight is 286 g/mol. The fraction of sp³-hybridized carbons (Fsp3) is 0.250. The van der Waals surface area contributed by atoms with Crippen molar-refractivity contribution in [1.29, 1.82) is 0 Å². The zero-order valence-corrected chi connectivity index (χ0v) is 12.3. The number of benzene rings is 1. The normalized spacial score (nSPS) is 10.4. The molecule has 2 N–H and O–H groups in total. The van der Waals surface area contributed by atoms with E-state index >= 15 is 0 Å². The Morgan fingerprint density at radius 3 is 2.62 bits per heavy atom. The molecule has 1 amide bonds. The second-order valence-corrected chi connectivity index (χ2v) is 4.90. The van der Waals surface area contributed by atoms with Crippen LogP contribution in [-0.2, 0) is 6.54 Å². The van der Waals surface area contributed by atoms with Crippen LogP contribution in [0.5, 0.6) is 0 Å². The molecule has 0 atom stereocenters. The molecule has 1 aromatic carbocycles. The summed E-state index contributed by atoms with van der Waals surface area (Å²) in [4.78, 5) is 23.5. The SMILES string of the molecule is CCn1cccc1C(=O)Nc1cc(C)c(C)c(C(=O)O)c1. The predicted octanol–water partition coefficient (Wildman–Crippen LogP) is 3.08. The second-order valence-electron chi connectivity index (χ2n) is 4.90. The van der Waals surface area contributed by atoms with Crippen molar-refractivity contribution < 1.29 is 14.7 Å². The molecule has 0 fully saturated rings. The van der Waals surface area contributed by atoms with E-state index in [4.69, 9.17) is 0 Å². The van der Waals surface area contributed by atoms with Crippen LogP contribution in [0.2, 0.25) is 0 Å². The van der Waals surface area contributed by atoms with Gasteiger partial charge in [0.2, 0.25) is 0 Å². The number of hydrogen-bond acceptors (Lipinski definition) is 2. The Kier molecular flexibility index (Phi) is 4.12. The molecule has 21 heavy (non-hydrogen) atoms. The summed E-state index contributed by atoms with van der Waals surface area (Å²) < 4.78 is 1.83. The number of carboxylic acid groups (broad SMARTS) is 1. The van der Waals surface area contributed by atoms with Crippen molar-refractivity contribution in [3.63, 3.8) is 0 Å². The smallest absolute Gasteiger partial charge is 0.336 e. The minimum Gasteiger partial charge on any atom is -0.478 e. The predicted molar refractivity (Wildman–Crippen MR) is 80.9 cm³/mol. The van der Waals surface area contributed by atoms with Crippen LogP contribution in [0.15, 0.2) is 30.5 Å². The fourth-order valence-electron chi connectivity index (χ4n) is 2.24. The lowest BCUT2D eigenvalue weighted by Crippen LogP contribution is -2.17. The molecule has 0 aliphatic rings. The van der Waals surface area contributed by atoms with Gasteiger partial charge >= 0.3 is 5.97 Å². The van der Waals surface area contributed by atoms with Crippen molar-refractivity contribution in [3.8, 4) is 0 Å². The van der Waals surface area contributed by atoms with Gasteiger partial charge in [0.1, 0.15) is 5.69 Å². The molecule has 2 rings (SSSR count). The number of amides is 1. The van der Waals surface area contributed by atoms with Gasteiger partial charge < -0.3 is 15.0 Å². The molecule has 1 aromatic heterocycles. The standard InChI is InChI=1S/C16H18N2O3/c1-4-18-7-5-6-14(18)15(19)17-12-8-10(2)11(3)13(9-12)16(20)21/h5-9H,4H2,1-3H3,(H,17,19)(H,20,21). The quantitative estimate of drug-likeness (QED) is 0.907. The van der Waals surface area contributed by atoms with E-state index in [2.05, 4.69) is 5.32 Å². The minimum absolute atomic E-state index is 0.205. The van der Waals surface area contributed by atoms with Crippen molar-refractivity contribution >= 4 is 17.6 Å². The summed E-state index contributed by atoms with van der Waals surface area (Å²) in [6, 6.07) is 6.81. The average Bonchev–Trinajstić information content (AvgIpc) is 2.90. The van der Waals surface area contributed by atoms with E-state index in [0.717, 1.165) is 5.56 Å². The van der Waals surface area contributed by atoms with Crippen molar-refractivity contribution in [2.45, 2.75) is 27.3 Å². The molecule has 2 aromatic rings. The first-order valence-electron chi connectivity index (χ1n) is 6.75. The Balaban J connectivity index is 2.32. The summed E-state index contributed by atoms with van der Waals surface area (Å²) in [6.45, 7) is 6.23. The van der Waals surface area contributed by atoms with E-state index in [1.165, 1.54) is 6.07 Å². The van der Waals surface area contributed by atoms with E-state index < -0.39 is 5.97 Å². The van der Waals surface area contributed by atoms with Gasteiger partial charge in [-0.15, -0.1) is 0 Å². The van der Waals surface area contributed by atoms with Crippen LogP contribution in [0.4, 0.5) is 5.69 Å². The number of hydrogen-bond donors (Lipinski definition) is 2. The van der Waals surface area contributed by atoms with Gasteiger partial charge in [0.25, 0.3) is 5.91 Å². The van der Waals surface area contributed by atoms with Crippen LogP contribution in [0.1, 0.15) is 38.9 Å². The highest BCUT2D eigenvalue weighted by molar-refractivity contribution is 6.04. The maximum Gasteiger partial charge on any atom is 0.336 e. The Labute approximate surface area is 123 Å². The molecule has 0 aliphatic heterocycles. The number of carboxylic acids is 1. The number of nitrogens with zero attached hydrogens (tertiary/aromatic N) is 1. The number of carbonyl (C=O) groups excluding carboxylic acids is 1. The highest BCUT2D eigenvalue weighted by Gasteiger charge is 2.14. The highest BCUT2D eigenvalue weighted by Crippen LogP contribution is 2.20. The van der Waals surface area contributed by atoms with E-state index in [-0.39, 0.29) is 11.5 Å². The van der Waals surface area contributed by atoms with Gasteiger partial charge in [0, 0.05) is 18.4 Å². The number of nitrogens with one attached hydrogen (secondary N) is 1. The zero-order valence-electron chi connectivity index (χ0n) is 12.3. The maximum absolute atomic E-state index is 12.3. The molecule has 0 unspecified atom stereocenters. The molecule has 0 aliphatic carbocycles. The number of aryl methyl sites for hydroxylation is 2. The van der Waals surface area contributed by atoms with Gasteiger partial charge in [-0.25, -0.2) is 4.79 Å². The van der Waals surface area contributed by atoms with Crippen LogP contribution >= 0.6 is 0 Å². The first-order valence-corrected chi connectivity index (χ1v) is 6.75. The summed E-state index contributed by atoms with van der Waals surface area (Å²) >= 11 is 0. The molecule has 0 radical (unpaired) electrons. The lowest BCUT2D eigenvalue weighted by atomic mass is 10.0. The second kappa shape index (κ2) is 5.83. The summed E-state index contributed by atoms with van der Waals surface area (Å²) in [5.74, 6) is -1.25. The van der Waals surface area contributed by atoms with E-state index in [1.54, 1.807) is 19.1 Å². The number of aromatic carboxylic acids is 1. The molecule has 5 nitrogen and oxygen atoms in total. The van der Waals surface area contributed by atoms with Crippen LogP contribution in [0.3, 0.4) is 0 Å². The molecule has 0 bridgehead atoms. The number of anilines is 1. The highest BCUT2D eigenvalue weighted by atomic mass is 16.4. The van der Waals surface area contributed by atoms with E-state index in [1.807, 2.05) is 30.7 Å². The number of aromatic nitrogens is 1. The first kappa shape index (κ1) is 14.8. The van der Waals surface area contributed by atoms with Crippen LogP contribution < -0.4 is 5.32 Å². The van der Waals surface area contributed by atoms with Gasteiger partial charge in [0.15, 0.2) is 0 Å².